The molecule has 1 atom stereocenters. The molecule has 0 aliphatic carbocycles. The lowest BCUT2D eigenvalue weighted by molar-refractivity contribution is 0.132. The molecule has 1 heterocycles. The van der Waals surface area contributed by atoms with Gasteiger partial charge in [0.1, 0.15) is 6.17 Å². The first-order chi connectivity index (χ1) is 20.8. The summed E-state index contributed by atoms with van der Waals surface area (Å²) in [6.45, 7) is 6.88. The Bertz CT molecular complexity index is 714. The third-order valence-corrected chi connectivity index (χ3v) is 9.51. The fourth-order valence-electron chi connectivity index (χ4n) is 6.72. The van der Waals surface area contributed by atoms with Gasteiger partial charge >= 0.3 is 0 Å². The molecule has 0 saturated carbocycles. The standard InChI is InChI=1S/C40H72N2/c1-3-5-7-9-11-13-15-17-19-21-23-25-30-34-40-41(36-37-42(40)38-39-32-28-27-29-33-39)35-31-26-24-22-20-18-16-14-12-10-8-6-4-2/h27-29,32-33,36-37,40H,3-26,30-31,34-35,38H2,1-2H3. The zero-order valence-electron chi connectivity index (χ0n) is 28.5. The molecule has 1 aromatic carbocycles. The summed E-state index contributed by atoms with van der Waals surface area (Å²) in [5, 5.41) is 0. The van der Waals surface area contributed by atoms with Crippen LogP contribution in [0.15, 0.2) is 42.7 Å². The van der Waals surface area contributed by atoms with Gasteiger partial charge in [-0.25, -0.2) is 0 Å². The normalized spacial score (nSPS) is 14.9. The molecular weight excluding hydrogens is 508 g/mol. The second kappa shape index (κ2) is 27.1. The Balaban J connectivity index is 1.56. The van der Waals surface area contributed by atoms with Crippen molar-refractivity contribution in [2.75, 3.05) is 6.54 Å². The van der Waals surface area contributed by atoms with E-state index in [1.807, 2.05) is 0 Å². The van der Waals surface area contributed by atoms with Gasteiger partial charge in [0.05, 0.1) is 0 Å². The highest BCUT2D eigenvalue weighted by atomic mass is 15.4. The molecule has 0 saturated heterocycles. The van der Waals surface area contributed by atoms with Crippen molar-refractivity contribution in [3.63, 3.8) is 0 Å². The minimum absolute atomic E-state index is 0.551. The lowest BCUT2D eigenvalue weighted by Gasteiger charge is -2.33. The number of benzene rings is 1. The van der Waals surface area contributed by atoms with Gasteiger partial charge < -0.3 is 9.80 Å². The van der Waals surface area contributed by atoms with Crippen molar-refractivity contribution in [1.29, 1.82) is 0 Å². The quantitative estimate of drug-likeness (QED) is 0.0835. The van der Waals surface area contributed by atoms with Gasteiger partial charge in [-0.2, -0.15) is 0 Å². The van der Waals surface area contributed by atoms with Gasteiger partial charge in [-0.05, 0) is 24.8 Å². The smallest absolute Gasteiger partial charge is 0.101 e. The summed E-state index contributed by atoms with van der Waals surface area (Å²) in [4.78, 5) is 5.28. The van der Waals surface area contributed by atoms with E-state index < -0.39 is 0 Å². The lowest BCUT2D eigenvalue weighted by atomic mass is 10.0. The van der Waals surface area contributed by atoms with E-state index in [0.29, 0.717) is 6.17 Å². The molecule has 0 aromatic heterocycles. The first kappa shape index (κ1) is 36.8. The molecular formula is C40H72N2. The van der Waals surface area contributed by atoms with Crippen LogP contribution in [0.1, 0.15) is 193 Å². The highest BCUT2D eigenvalue weighted by molar-refractivity contribution is 5.16. The van der Waals surface area contributed by atoms with Gasteiger partial charge in [-0.3, -0.25) is 0 Å². The van der Waals surface area contributed by atoms with Crippen molar-refractivity contribution in [2.24, 2.45) is 0 Å². The van der Waals surface area contributed by atoms with Crippen LogP contribution in [0.3, 0.4) is 0 Å². The topological polar surface area (TPSA) is 6.48 Å². The van der Waals surface area contributed by atoms with Crippen molar-refractivity contribution >= 4 is 0 Å². The van der Waals surface area contributed by atoms with Crippen LogP contribution in [-0.2, 0) is 6.54 Å². The zero-order chi connectivity index (χ0) is 29.8. The van der Waals surface area contributed by atoms with Crippen molar-refractivity contribution in [3.8, 4) is 0 Å². The molecule has 2 nitrogen and oxygen atoms in total. The van der Waals surface area contributed by atoms with Crippen molar-refractivity contribution < 1.29 is 0 Å². The molecule has 0 spiro atoms. The Morgan fingerprint density at radius 2 is 0.810 bits per heavy atom. The van der Waals surface area contributed by atoms with E-state index in [2.05, 4.69) is 66.4 Å². The molecule has 2 rings (SSSR count). The fraction of sp³-hybridized carbons (Fsp3) is 0.800. The molecule has 0 amide bonds. The van der Waals surface area contributed by atoms with Crippen molar-refractivity contribution in [3.05, 3.63) is 48.3 Å². The SMILES string of the molecule is CCCCCCCCCCCCCCCC1N(CCCCCCCCCCCCCCC)C=CN1Cc1ccccc1. The third kappa shape index (κ3) is 19.0. The first-order valence-electron chi connectivity index (χ1n) is 19.1. The van der Waals surface area contributed by atoms with E-state index >= 15 is 0 Å². The van der Waals surface area contributed by atoms with Gasteiger partial charge in [0.15, 0.2) is 0 Å². The maximum Gasteiger partial charge on any atom is 0.101 e. The lowest BCUT2D eigenvalue weighted by Crippen LogP contribution is -2.38. The molecule has 0 N–H and O–H groups in total. The molecule has 1 aromatic rings. The van der Waals surface area contributed by atoms with Crippen molar-refractivity contribution in [1.82, 2.24) is 9.80 Å². The van der Waals surface area contributed by atoms with Gasteiger partial charge in [0.2, 0.25) is 0 Å². The van der Waals surface area contributed by atoms with Crippen LogP contribution in [0.25, 0.3) is 0 Å². The summed E-state index contributed by atoms with van der Waals surface area (Å²) in [6, 6.07) is 11.1. The second-order valence-electron chi connectivity index (χ2n) is 13.4. The number of nitrogens with zero attached hydrogens (tertiary/aromatic N) is 2. The second-order valence-corrected chi connectivity index (χ2v) is 13.4. The predicted octanol–water partition coefficient (Wildman–Crippen LogP) is 13.2. The van der Waals surface area contributed by atoms with Crippen LogP contribution in [0.2, 0.25) is 0 Å². The van der Waals surface area contributed by atoms with E-state index in [9.17, 15) is 0 Å². The maximum absolute atomic E-state index is 2.67. The van der Waals surface area contributed by atoms with E-state index in [4.69, 9.17) is 0 Å². The predicted molar refractivity (Wildman–Crippen MR) is 188 cm³/mol. The Hall–Kier alpha value is -1.44. The van der Waals surface area contributed by atoms with Crippen LogP contribution in [0.5, 0.6) is 0 Å². The van der Waals surface area contributed by atoms with Crippen LogP contribution in [0.4, 0.5) is 0 Å². The summed E-state index contributed by atoms with van der Waals surface area (Å²) >= 11 is 0. The average molecular weight is 581 g/mol. The number of hydrogen-bond acceptors (Lipinski definition) is 2. The monoisotopic (exact) mass is 581 g/mol. The summed E-state index contributed by atoms with van der Waals surface area (Å²) in [5.41, 5.74) is 1.43. The van der Waals surface area contributed by atoms with Crippen LogP contribution >= 0.6 is 0 Å². The fourth-order valence-corrected chi connectivity index (χ4v) is 6.72. The van der Waals surface area contributed by atoms with Crippen molar-refractivity contribution in [2.45, 2.75) is 200 Å². The minimum Gasteiger partial charge on any atom is -0.356 e. The Labute approximate surface area is 264 Å². The number of unbranched alkanes of at least 4 members (excludes halogenated alkanes) is 24. The zero-order valence-corrected chi connectivity index (χ0v) is 28.5. The molecule has 1 aliphatic heterocycles. The maximum atomic E-state index is 2.67. The third-order valence-electron chi connectivity index (χ3n) is 9.51. The molecule has 0 fully saturated rings. The summed E-state index contributed by atoms with van der Waals surface area (Å²) in [6.07, 6.45) is 43.8. The van der Waals surface area contributed by atoms with Gasteiger partial charge in [0, 0.05) is 25.5 Å². The van der Waals surface area contributed by atoms with E-state index in [1.165, 1.54) is 185 Å². The van der Waals surface area contributed by atoms with Crippen LogP contribution in [-0.4, -0.2) is 22.5 Å². The van der Waals surface area contributed by atoms with E-state index in [-0.39, 0.29) is 0 Å². The molecule has 2 heteroatoms. The molecule has 0 bridgehead atoms. The Morgan fingerprint density at radius 3 is 1.26 bits per heavy atom. The Kier molecular flexibility index (Phi) is 23.7. The summed E-state index contributed by atoms with van der Waals surface area (Å²) < 4.78 is 0. The Morgan fingerprint density at radius 1 is 0.429 bits per heavy atom. The highest BCUT2D eigenvalue weighted by Crippen LogP contribution is 2.25. The number of rotatable bonds is 30. The van der Waals surface area contributed by atoms with Gasteiger partial charge in [-0.15, -0.1) is 0 Å². The molecule has 1 unspecified atom stereocenters. The molecule has 0 radical (unpaired) electrons. The highest BCUT2D eigenvalue weighted by Gasteiger charge is 2.25. The van der Waals surface area contributed by atoms with Gasteiger partial charge in [-0.1, -0.05) is 198 Å². The first-order valence-corrected chi connectivity index (χ1v) is 19.1. The molecule has 1 aliphatic rings. The summed E-state index contributed by atoms with van der Waals surface area (Å²) in [5.74, 6) is 0. The largest absolute Gasteiger partial charge is 0.356 e. The summed E-state index contributed by atoms with van der Waals surface area (Å²) in [7, 11) is 0. The van der Waals surface area contributed by atoms with Gasteiger partial charge in [0.25, 0.3) is 0 Å². The molecule has 42 heavy (non-hydrogen) atoms. The number of hydrogen-bond donors (Lipinski definition) is 0. The minimum atomic E-state index is 0.551. The van der Waals surface area contributed by atoms with Crippen LogP contribution < -0.4 is 0 Å². The molecule has 242 valence electrons. The van der Waals surface area contributed by atoms with E-state index in [1.54, 1.807) is 0 Å². The average Bonchev–Trinajstić information content (AvgIpc) is 3.39. The van der Waals surface area contributed by atoms with E-state index in [0.717, 1.165) is 6.54 Å². The van der Waals surface area contributed by atoms with Crippen LogP contribution in [0, 0.1) is 0 Å².